The Hall–Kier alpha value is -5.45. The van der Waals surface area contributed by atoms with Crippen molar-refractivity contribution in [3.63, 3.8) is 0 Å². The number of nitrogens with zero attached hydrogens (tertiary/aromatic N) is 1. The third-order valence-corrected chi connectivity index (χ3v) is 12.3. The number of ether oxygens (including phenoxy) is 5. The highest BCUT2D eigenvalue weighted by atomic mass is 16.8. The molecular formula is C44H45N3O12. The maximum Gasteiger partial charge on any atom is 0.348 e. The number of fused-ring (bicyclic) bond motifs is 5. The molecule has 0 aromatic heterocycles. The number of aliphatic hydroxyl groups is 1. The fourth-order valence-electron chi connectivity index (χ4n) is 9.46. The van der Waals surface area contributed by atoms with E-state index >= 15 is 0 Å². The van der Waals surface area contributed by atoms with E-state index in [0.29, 0.717) is 35.1 Å². The van der Waals surface area contributed by atoms with E-state index in [0.717, 1.165) is 11.1 Å². The molecular weight excluding hydrogens is 762 g/mol. The number of hydrogen-bond acceptors (Lipinski definition) is 13. The molecule has 0 radical (unpaired) electrons. The minimum absolute atomic E-state index is 0.0212. The van der Waals surface area contributed by atoms with Crippen LogP contribution in [0.25, 0.3) is 6.08 Å². The van der Waals surface area contributed by atoms with Crippen molar-refractivity contribution >= 4 is 35.8 Å². The van der Waals surface area contributed by atoms with E-state index in [9.17, 15) is 24.0 Å². The lowest BCUT2D eigenvalue weighted by Gasteiger charge is -2.48. The predicted octanol–water partition coefficient (Wildman–Crippen LogP) is 2.31. The molecule has 3 aromatic rings. The minimum atomic E-state index is -1.46. The molecule has 9 rings (SSSR count). The van der Waals surface area contributed by atoms with Crippen molar-refractivity contribution in [1.82, 2.24) is 15.7 Å². The van der Waals surface area contributed by atoms with Crippen LogP contribution in [0.1, 0.15) is 58.4 Å². The third-order valence-electron chi connectivity index (χ3n) is 12.3. The summed E-state index contributed by atoms with van der Waals surface area (Å²) in [5.41, 5.74) is 2.35. The second kappa shape index (κ2) is 15.0. The Bertz CT molecular complexity index is 2220. The van der Waals surface area contributed by atoms with Gasteiger partial charge >= 0.3 is 17.9 Å². The summed E-state index contributed by atoms with van der Waals surface area (Å²) in [6.07, 6.45) is -0.370. The number of amides is 2. The molecule has 4 aliphatic heterocycles. The van der Waals surface area contributed by atoms with Gasteiger partial charge in [-0.25, -0.2) is 9.59 Å². The molecule has 15 heteroatoms. The highest BCUT2D eigenvalue weighted by Gasteiger charge is 2.76. The monoisotopic (exact) mass is 807 g/mol. The summed E-state index contributed by atoms with van der Waals surface area (Å²) in [4.78, 5) is 73.7. The molecule has 15 nitrogen and oxygen atoms in total. The molecule has 0 unspecified atom stereocenters. The van der Waals surface area contributed by atoms with Gasteiger partial charge in [-0.1, -0.05) is 74.5 Å². The van der Waals surface area contributed by atoms with Gasteiger partial charge in [0.15, 0.2) is 11.8 Å². The van der Waals surface area contributed by atoms with Gasteiger partial charge in [0.2, 0.25) is 12.0 Å². The van der Waals surface area contributed by atoms with Gasteiger partial charge < -0.3 is 39.4 Å². The van der Waals surface area contributed by atoms with Gasteiger partial charge in [0.1, 0.15) is 36.4 Å². The Morgan fingerprint density at radius 1 is 0.932 bits per heavy atom. The fourth-order valence-corrected chi connectivity index (χ4v) is 9.46. The molecule has 1 saturated carbocycles. The summed E-state index contributed by atoms with van der Waals surface area (Å²) in [7, 11) is 0. The predicted molar refractivity (Wildman–Crippen MR) is 205 cm³/mol. The molecule has 6 aliphatic rings. The van der Waals surface area contributed by atoms with Gasteiger partial charge in [-0.3, -0.25) is 19.2 Å². The van der Waals surface area contributed by atoms with Crippen molar-refractivity contribution in [2.45, 2.75) is 88.5 Å². The van der Waals surface area contributed by atoms with Crippen LogP contribution in [0.2, 0.25) is 0 Å². The van der Waals surface area contributed by atoms with E-state index in [2.05, 4.69) is 10.6 Å². The van der Waals surface area contributed by atoms with Crippen LogP contribution in [0, 0.1) is 10.8 Å². The van der Waals surface area contributed by atoms with Crippen LogP contribution < -0.4 is 10.6 Å². The first-order valence-electron chi connectivity index (χ1n) is 19.9. The van der Waals surface area contributed by atoms with E-state index < -0.39 is 77.0 Å². The first-order chi connectivity index (χ1) is 28.4. The van der Waals surface area contributed by atoms with Gasteiger partial charge in [0, 0.05) is 49.4 Å². The van der Waals surface area contributed by atoms with E-state index in [1.807, 2.05) is 36.4 Å². The van der Waals surface area contributed by atoms with Crippen molar-refractivity contribution in [2.24, 2.45) is 10.8 Å². The zero-order valence-electron chi connectivity index (χ0n) is 32.6. The van der Waals surface area contributed by atoms with Gasteiger partial charge in [0.25, 0.3) is 5.91 Å². The molecule has 2 aliphatic carbocycles. The second-order valence-electron chi connectivity index (χ2n) is 16.7. The van der Waals surface area contributed by atoms with Crippen LogP contribution in [0.5, 0.6) is 0 Å². The van der Waals surface area contributed by atoms with Crippen molar-refractivity contribution in [2.75, 3.05) is 19.8 Å². The molecule has 3 aromatic carbocycles. The molecule has 4 heterocycles. The van der Waals surface area contributed by atoms with E-state index in [1.165, 1.54) is 11.1 Å². The Labute approximate surface area is 339 Å². The van der Waals surface area contributed by atoms with Crippen molar-refractivity contribution < 1.29 is 57.6 Å². The van der Waals surface area contributed by atoms with Crippen LogP contribution in [0.4, 0.5) is 0 Å². The number of rotatable bonds is 11. The highest BCUT2D eigenvalue weighted by Crippen LogP contribution is 2.58. The maximum absolute atomic E-state index is 14.9. The Morgan fingerprint density at radius 2 is 1.68 bits per heavy atom. The molecule has 5 fully saturated rings. The summed E-state index contributed by atoms with van der Waals surface area (Å²) in [6.45, 7) is 3.68. The van der Waals surface area contributed by atoms with Gasteiger partial charge in [0.05, 0.1) is 13.2 Å². The number of carbonyl (C=O) groups excluding carboxylic acids is 5. The average Bonchev–Trinajstić information content (AvgIpc) is 3.96. The van der Waals surface area contributed by atoms with E-state index in [1.54, 1.807) is 56.3 Å². The number of nitrogens with one attached hydrogen (secondary N) is 2. The zero-order chi connectivity index (χ0) is 41.1. The summed E-state index contributed by atoms with van der Waals surface area (Å²) < 4.78 is 30.3. The second-order valence-corrected chi connectivity index (χ2v) is 16.7. The molecule has 2 amide bonds. The number of carbonyl (C=O) groups is 5. The smallest absolute Gasteiger partial charge is 0.348 e. The zero-order valence-corrected chi connectivity index (χ0v) is 32.6. The number of aliphatic hydroxyl groups excluding tert-OH is 1. The Kier molecular flexibility index (Phi) is 9.91. The van der Waals surface area contributed by atoms with Crippen molar-refractivity contribution in [3.8, 4) is 0 Å². The minimum Gasteiger partial charge on any atom is -0.462 e. The summed E-state index contributed by atoms with van der Waals surface area (Å²) in [5.74, 6) is -3.78. The van der Waals surface area contributed by atoms with E-state index in [-0.39, 0.29) is 45.2 Å². The molecule has 1 spiro atoms. The average molecular weight is 808 g/mol. The van der Waals surface area contributed by atoms with Crippen LogP contribution in [0.3, 0.4) is 0 Å². The molecule has 59 heavy (non-hydrogen) atoms. The number of cyclic esters (lactones) is 1. The lowest BCUT2D eigenvalue weighted by molar-refractivity contribution is -0.217. The fraction of sp³-hybridized carbons (Fsp3) is 0.432. The summed E-state index contributed by atoms with van der Waals surface area (Å²) in [5, 5.41) is 16.3. The number of esters is 3. The molecule has 7 atom stereocenters. The highest BCUT2D eigenvalue weighted by molar-refractivity contribution is 5.95. The Morgan fingerprint density at radius 3 is 2.42 bits per heavy atom. The van der Waals surface area contributed by atoms with Crippen LogP contribution >= 0.6 is 0 Å². The summed E-state index contributed by atoms with van der Waals surface area (Å²) in [6, 6.07) is 20.8. The normalized spacial score (nSPS) is 29.5. The van der Waals surface area contributed by atoms with Gasteiger partial charge in [-0.15, -0.1) is 0 Å². The van der Waals surface area contributed by atoms with Crippen LogP contribution in [-0.2, 0) is 73.6 Å². The quantitative estimate of drug-likeness (QED) is 0.146. The maximum atomic E-state index is 14.9. The lowest BCUT2D eigenvalue weighted by atomic mass is 9.62. The molecule has 2 bridgehead atoms. The molecule has 308 valence electrons. The topological polar surface area (TPSA) is 188 Å². The van der Waals surface area contributed by atoms with Crippen LogP contribution in [-0.4, -0.2) is 102 Å². The number of benzene rings is 3. The van der Waals surface area contributed by atoms with E-state index in [4.69, 9.17) is 33.6 Å². The standard InChI is InChI=1S/C44H45N3O12/c1-42(2)24-54-40(52)37(42)56-32(49)15-14-26-9-3-6-12-30(26)23-47-35-39(51)55-31-21-44(35,41(53)46-22-25-8-7-13-27(18-25)38(50)45-16-17-48)36(59-47)34-33(31)57-43(58-34)19-28-10-4-5-11-29(28)20-43/h3-15,18,31,33-37,48H,16-17,19-24H2,1-2H3,(H,45,50)(H,46,53)/t31-,33-,34-,35-,36+,37-,44-/m0/s1. The Balaban J connectivity index is 1.01. The van der Waals surface area contributed by atoms with Gasteiger partial charge in [-0.2, -0.15) is 5.06 Å². The van der Waals surface area contributed by atoms with Crippen molar-refractivity contribution in [1.29, 1.82) is 0 Å². The summed E-state index contributed by atoms with van der Waals surface area (Å²) >= 11 is 0. The largest absolute Gasteiger partial charge is 0.462 e. The number of hydroxylamine groups is 2. The van der Waals surface area contributed by atoms with Gasteiger partial charge in [-0.05, 0) is 46.0 Å². The first kappa shape index (κ1) is 39.0. The van der Waals surface area contributed by atoms with Crippen LogP contribution in [0.15, 0.2) is 78.9 Å². The number of hydrogen-bond donors (Lipinski definition) is 3. The molecule has 3 N–H and O–H groups in total. The first-order valence-corrected chi connectivity index (χ1v) is 19.9. The SMILES string of the molecule is CC1(C)COC(=O)[C@@H]1OC(=O)C=Cc1ccccc1CN1O[C@@H]2[C@H]3OC4(Cc5ccccc5C4)O[C@H]3[C@@H]3C[C@]2(C(=O)NCc2cccc(C(=O)NCCO)c2)[C@@H]1C(=O)O3. The lowest BCUT2D eigenvalue weighted by Crippen LogP contribution is -2.69. The van der Waals surface area contributed by atoms with Crippen molar-refractivity contribution in [3.05, 3.63) is 112 Å². The third kappa shape index (κ3) is 6.90. The molecule has 4 saturated heterocycles.